The first-order valence-corrected chi connectivity index (χ1v) is 6.83. The van der Waals surface area contributed by atoms with Gasteiger partial charge in [0.05, 0.1) is 12.6 Å². The molecule has 0 spiro atoms. The average Bonchev–Trinajstić information content (AvgIpc) is 2.77. The molecule has 0 atom stereocenters. The Morgan fingerprint density at radius 2 is 2.24 bits per heavy atom. The van der Waals surface area contributed by atoms with Crippen molar-refractivity contribution >= 4 is 11.3 Å². The summed E-state index contributed by atoms with van der Waals surface area (Å²) in [5.41, 5.74) is 6.49. The highest BCUT2D eigenvalue weighted by molar-refractivity contribution is 7.10. The maximum absolute atomic E-state index is 9.46. The molecule has 0 bridgehead atoms. The number of nitrogens with zero attached hydrogens (tertiary/aromatic N) is 1. The van der Waals surface area contributed by atoms with Crippen LogP contribution in [0.2, 0.25) is 0 Å². The summed E-state index contributed by atoms with van der Waals surface area (Å²) < 4.78 is 0. The second-order valence-electron chi connectivity index (χ2n) is 4.27. The molecular formula is C13H18N2OS. The van der Waals surface area contributed by atoms with E-state index in [4.69, 9.17) is 5.73 Å². The van der Waals surface area contributed by atoms with Crippen LogP contribution in [0.3, 0.4) is 0 Å². The van der Waals surface area contributed by atoms with Gasteiger partial charge in [0.1, 0.15) is 0 Å². The minimum absolute atomic E-state index is 0.105. The van der Waals surface area contributed by atoms with Gasteiger partial charge in [-0.3, -0.25) is 4.90 Å². The van der Waals surface area contributed by atoms with E-state index in [9.17, 15) is 5.11 Å². The van der Waals surface area contributed by atoms with E-state index in [-0.39, 0.29) is 6.10 Å². The fraction of sp³-hybridized carbons (Fsp3) is 0.538. The van der Waals surface area contributed by atoms with Gasteiger partial charge in [-0.15, -0.1) is 11.3 Å². The lowest BCUT2D eigenvalue weighted by atomic mass is 10.1. The SMILES string of the molecule is NCC#Cc1ccsc1CN1CCC(O)CC1. The molecule has 0 unspecified atom stereocenters. The van der Waals surface area contributed by atoms with Crippen LogP contribution in [0.25, 0.3) is 0 Å². The lowest BCUT2D eigenvalue weighted by molar-refractivity contribution is 0.0797. The molecule has 0 aromatic carbocycles. The molecule has 2 heterocycles. The van der Waals surface area contributed by atoms with Gasteiger partial charge in [-0.25, -0.2) is 0 Å². The van der Waals surface area contributed by atoms with Crippen molar-refractivity contribution in [2.75, 3.05) is 19.6 Å². The topological polar surface area (TPSA) is 49.5 Å². The van der Waals surface area contributed by atoms with E-state index in [1.807, 2.05) is 0 Å². The number of aliphatic hydroxyl groups is 1. The van der Waals surface area contributed by atoms with Gasteiger partial charge in [0.2, 0.25) is 0 Å². The number of rotatable bonds is 2. The summed E-state index contributed by atoms with van der Waals surface area (Å²) in [5.74, 6) is 6.01. The monoisotopic (exact) mass is 250 g/mol. The van der Waals surface area contributed by atoms with Crippen LogP contribution < -0.4 is 5.73 Å². The Morgan fingerprint density at radius 3 is 2.94 bits per heavy atom. The summed E-state index contributed by atoms with van der Waals surface area (Å²) in [4.78, 5) is 3.69. The first kappa shape index (κ1) is 12.6. The predicted molar refractivity (Wildman–Crippen MR) is 70.8 cm³/mol. The van der Waals surface area contributed by atoms with E-state index in [0.717, 1.165) is 38.0 Å². The van der Waals surface area contributed by atoms with E-state index >= 15 is 0 Å². The third kappa shape index (κ3) is 3.55. The Morgan fingerprint density at radius 1 is 1.47 bits per heavy atom. The highest BCUT2D eigenvalue weighted by Gasteiger charge is 2.17. The van der Waals surface area contributed by atoms with Gasteiger partial charge >= 0.3 is 0 Å². The molecule has 0 aliphatic carbocycles. The average molecular weight is 250 g/mol. The van der Waals surface area contributed by atoms with E-state index in [2.05, 4.69) is 28.2 Å². The Balaban J connectivity index is 1.96. The van der Waals surface area contributed by atoms with Crippen LogP contribution in [-0.4, -0.2) is 35.7 Å². The van der Waals surface area contributed by atoms with Crippen LogP contribution in [-0.2, 0) is 6.54 Å². The third-order valence-corrected chi connectivity index (χ3v) is 3.90. The quantitative estimate of drug-likeness (QED) is 0.770. The zero-order chi connectivity index (χ0) is 12.1. The standard InChI is InChI=1S/C13H18N2OS/c14-6-1-2-11-5-9-17-13(11)10-15-7-3-12(16)4-8-15/h5,9,12,16H,3-4,6-8,10,14H2. The smallest absolute Gasteiger partial charge is 0.0564 e. The van der Waals surface area contributed by atoms with Crippen molar-refractivity contribution < 1.29 is 5.11 Å². The van der Waals surface area contributed by atoms with E-state index < -0.39 is 0 Å². The van der Waals surface area contributed by atoms with Crippen LogP contribution in [0, 0.1) is 11.8 Å². The lowest BCUT2D eigenvalue weighted by Gasteiger charge is -2.29. The Labute approximate surface area is 106 Å². The molecule has 1 aliphatic heterocycles. The second kappa shape index (κ2) is 6.18. The molecule has 0 amide bonds. The number of nitrogens with two attached hydrogens (primary N) is 1. The number of aliphatic hydroxyl groups excluding tert-OH is 1. The van der Waals surface area contributed by atoms with Gasteiger partial charge in [-0.1, -0.05) is 11.8 Å². The molecule has 4 heteroatoms. The first-order valence-electron chi connectivity index (χ1n) is 5.95. The van der Waals surface area contributed by atoms with Gasteiger partial charge in [-0.05, 0) is 24.3 Å². The summed E-state index contributed by atoms with van der Waals surface area (Å²) in [6, 6.07) is 2.06. The Bertz CT molecular complexity index is 411. The summed E-state index contributed by atoms with van der Waals surface area (Å²) in [6.07, 6.45) is 1.66. The molecule has 0 saturated carbocycles. The van der Waals surface area contributed by atoms with Crippen LogP contribution >= 0.6 is 11.3 Å². The van der Waals surface area contributed by atoms with Crippen molar-refractivity contribution in [1.29, 1.82) is 0 Å². The van der Waals surface area contributed by atoms with Crippen LogP contribution in [0.1, 0.15) is 23.3 Å². The Kier molecular flexibility index (Phi) is 4.57. The van der Waals surface area contributed by atoms with Gasteiger partial charge in [0.15, 0.2) is 0 Å². The molecule has 3 N–H and O–H groups in total. The van der Waals surface area contributed by atoms with Gasteiger partial charge < -0.3 is 10.8 Å². The Hall–Kier alpha value is -0.860. The minimum Gasteiger partial charge on any atom is -0.393 e. The van der Waals surface area contributed by atoms with Crippen molar-refractivity contribution in [2.45, 2.75) is 25.5 Å². The van der Waals surface area contributed by atoms with E-state index in [1.54, 1.807) is 11.3 Å². The van der Waals surface area contributed by atoms with Crippen molar-refractivity contribution in [3.05, 3.63) is 21.9 Å². The highest BCUT2D eigenvalue weighted by atomic mass is 32.1. The molecule has 17 heavy (non-hydrogen) atoms. The number of hydrogen-bond donors (Lipinski definition) is 2. The van der Waals surface area contributed by atoms with Crippen LogP contribution in [0.4, 0.5) is 0 Å². The molecule has 92 valence electrons. The third-order valence-electron chi connectivity index (χ3n) is 2.99. The highest BCUT2D eigenvalue weighted by Crippen LogP contribution is 2.20. The minimum atomic E-state index is -0.105. The lowest BCUT2D eigenvalue weighted by Crippen LogP contribution is -2.35. The van der Waals surface area contributed by atoms with Crippen LogP contribution in [0.5, 0.6) is 0 Å². The largest absolute Gasteiger partial charge is 0.393 e. The zero-order valence-corrected chi connectivity index (χ0v) is 10.7. The van der Waals surface area contributed by atoms with Crippen molar-refractivity contribution in [3.63, 3.8) is 0 Å². The number of hydrogen-bond acceptors (Lipinski definition) is 4. The summed E-state index contributed by atoms with van der Waals surface area (Å²) in [5, 5.41) is 11.5. The predicted octanol–water partition coefficient (Wildman–Crippen LogP) is 1.01. The van der Waals surface area contributed by atoms with E-state index in [1.165, 1.54) is 4.88 Å². The first-order chi connectivity index (χ1) is 8.29. The number of thiophene rings is 1. The molecule has 2 rings (SSSR count). The molecule has 1 aromatic heterocycles. The fourth-order valence-corrected chi connectivity index (χ4v) is 2.87. The summed E-state index contributed by atoms with van der Waals surface area (Å²) >= 11 is 1.75. The molecule has 1 saturated heterocycles. The molecular weight excluding hydrogens is 232 g/mol. The van der Waals surface area contributed by atoms with Crippen LogP contribution in [0.15, 0.2) is 11.4 Å². The molecule has 1 aromatic rings. The molecule has 1 aliphatic rings. The number of piperidine rings is 1. The molecule has 1 fully saturated rings. The van der Waals surface area contributed by atoms with Gasteiger partial charge in [0, 0.05) is 30.1 Å². The fourth-order valence-electron chi connectivity index (χ4n) is 2.00. The van der Waals surface area contributed by atoms with Crippen molar-refractivity contribution in [1.82, 2.24) is 4.90 Å². The molecule has 3 nitrogen and oxygen atoms in total. The maximum Gasteiger partial charge on any atom is 0.0564 e. The zero-order valence-electron chi connectivity index (χ0n) is 9.85. The molecule has 0 radical (unpaired) electrons. The van der Waals surface area contributed by atoms with Crippen molar-refractivity contribution in [3.8, 4) is 11.8 Å². The normalized spacial score (nSPS) is 17.8. The van der Waals surface area contributed by atoms with Gasteiger partial charge in [0.25, 0.3) is 0 Å². The van der Waals surface area contributed by atoms with Gasteiger partial charge in [-0.2, -0.15) is 0 Å². The van der Waals surface area contributed by atoms with Crippen molar-refractivity contribution in [2.24, 2.45) is 5.73 Å². The number of likely N-dealkylation sites (tertiary alicyclic amines) is 1. The second-order valence-corrected chi connectivity index (χ2v) is 5.27. The van der Waals surface area contributed by atoms with E-state index in [0.29, 0.717) is 6.54 Å². The summed E-state index contributed by atoms with van der Waals surface area (Å²) in [7, 11) is 0. The maximum atomic E-state index is 9.46. The summed E-state index contributed by atoms with van der Waals surface area (Å²) in [6.45, 7) is 3.30.